The van der Waals surface area contributed by atoms with Crippen molar-refractivity contribution in [1.29, 1.82) is 0 Å². The number of anilines is 4. The molecule has 2 aliphatic rings. The minimum Gasteiger partial charge on any atom is -0.474 e. The zero-order valence-electron chi connectivity index (χ0n) is 17.8. The number of morpholine rings is 1. The summed E-state index contributed by atoms with van der Waals surface area (Å²) in [6, 6.07) is 7.09. The Balaban J connectivity index is 1.33. The molecule has 0 radical (unpaired) electrons. The van der Waals surface area contributed by atoms with Crippen LogP contribution in [0.2, 0.25) is 0 Å². The van der Waals surface area contributed by atoms with Gasteiger partial charge in [-0.2, -0.15) is 0 Å². The lowest BCUT2D eigenvalue weighted by molar-refractivity contribution is 0.122. The Morgan fingerprint density at radius 1 is 1.09 bits per heavy atom. The standard InChI is InChI=1S/C23H22FN7O2/c24-17-12-16(1-2-20(17)30-6-9-32-10-7-30)28-21-22-26-3-5-31(22)14-19(29-21)15-11-18-23(27-13-15)33-8-4-25-18/h1-3,5,11-14,25H,4,6-10H2,(H,28,29). The van der Waals surface area contributed by atoms with Crippen LogP contribution in [-0.4, -0.2) is 58.8 Å². The van der Waals surface area contributed by atoms with E-state index >= 15 is 0 Å². The summed E-state index contributed by atoms with van der Waals surface area (Å²) in [6.07, 6.45) is 7.18. The van der Waals surface area contributed by atoms with E-state index in [0.717, 1.165) is 17.8 Å². The average molecular weight is 447 g/mol. The zero-order chi connectivity index (χ0) is 22.2. The van der Waals surface area contributed by atoms with E-state index in [-0.39, 0.29) is 5.82 Å². The molecular formula is C23H22FN7O2. The number of hydrogen-bond acceptors (Lipinski definition) is 8. The van der Waals surface area contributed by atoms with Gasteiger partial charge in [0.15, 0.2) is 11.5 Å². The summed E-state index contributed by atoms with van der Waals surface area (Å²) in [4.78, 5) is 15.6. The van der Waals surface area contributed by atoms with Crippen LogP contribution in [0.4, 0.5) is 27.3 Å². The fraction of sp³-hybridized carbons (Fsp3) is 0.261. The number of hydrogen-bond donors (Lipinski definition) is 2. The van der Waals surface area contributed by atoms with Crippen molar-refractivity contribution in [3.05, 3.63) is 54.9 Å². The zero-order valence-corrected chi connectivity index (χ0v) is 17.8. The second-order valence-electron chi connectivity index (χ2n) is 7.88. The molecule has 9 nitrogen and oxygen atoms in total. The number of rotatable bonds is 4. The van der Waals surface area contributed by atoms with Crippen molar-refractivity contribution in [3.63, 3.8) is 0 Å². The molecule has 0 spiro atoms. The van der Waals surface area contributed by atoms with Gasteiger partial charge in [-0.05, 0) is 24.3 Å². The van der Waals surface area contributed by atoms with Gasteiger partial charge in [-0.15, -0.1) is 0 Å². The Bertz CT molecular complexity index is 1320. The molecule has 5 heterocycles. The van der Waals surface area contributed by atoms with Crippen molar-refractivity contribution in [1.82, 2.24) is 19.4 Å². The minimum absolute atomic E-state index is 0.289. The number of benzene rings is 1. The van der Waals surface area contributed by atoms with Crippen molar-refractivity contribution >= 4 is 28.5 Å². The van der Waals surface area contributed by atoms with Gasteiger partial charge < -0.3 is 29.4 Å². The predicted molar refractivity (Wildman–Crippen MR) is 123 cm³/mol. The second kappa shape index (κ2) is 8.21. The molecule has 2 aliphatic heterocycles. The second-order valence-corrected chi connectivity index (χ2v) is 7.88. The first kappa shape index (κ1) is 19.7. The molecule has 0 unspecified atom stereocenters. The summed E-state index contributed by atoms with van der Waals surface area (Å²) >= 11 is 0. The molecule has 2 N–H and O–H groups in total. The summed E-state index contributed by atoms with van der Waals surface area (Å²) in [5.74, 6) is 0.822. The molecule has 1 saturated heterocycles. The number of aromatic nitrogens is 4. The van der Waals surface area contributed by atoms with Gasteiger partial charge in [-0.25, -0.2) is 19.3 Å². The van der Waals surface area contributed by atoms with Crippen LogP contribution in [0.15, 0.2) is 49.1 Å². The maximum absolute atomic E-state index is 14.9. The Hall–Kier alpha value is -3.92. The van der Waals surface area contributed by atoms with Crippen LogP contribution in [0.5, 0.6) is 5.88 Å². The third-order valence-corrected chi connectivity index (χ3v) is 5.74. The quantitative estimate of drug-likeness (QED) is 0.493. The summed E-state index contributed by atoms with van der Waals surface area (Å²) in [7, 11) is 0. The molecule has 3 aromatic heterocycles. The van der Waals surface area contributed by atoms with Gasteiger partial charge in [0.1, 0.15) is 12.4 Å². The number of ether oxygens (including phenoxy) is 2. The van der Waals surface area contributed by atoms with Gasteiger partial charge in [0.25, 0.3) is 0 Å². The van der Waals surface area contributed by atoms with Gasteiger partial charge in [0.2, 0.25) is 5.88 Å². The number of halogens is 1. The molecule has 0 saturated carbocycles. The van der Waals surface area contributed by atoms with Gasteiger partial charge in [-0.1, -0.05) is 0 Å². The highest BCUT2D eigenvalue weighted by Crippen LogP contribution is 2.31. The SMILES string of the molecule is Fc1cc(Nc2nc(-c3cnc4c(c3)NCCO4)cn3ccnc23)ccc1N1CCOCC1. The van der Waals surface area contributed by atoms with E-state index in [4.69, 9.17) is 14.5 Å². The first-order valence-corrected chi connectivity index (χ1v) is 10.8. The molecule has 1 fully saturated rings. The molecule has 33 heavy (non-hydrogen) atoms. The van der Waals surface area contributed by atoms with Crippen LogP contribution in [0.25, 0.3) is 16.9 Å². The maximum Gasteiger partial charge on any atom is 0.237 e. The van der Waals surface area contributed by atoms with E-state index in [2.05, 4.69) is 20.6 Å². The maximum atomic E-state index is 14.9. The number of imidazole rings is 1. The van der Waals surface area contributed by atoms with Crippen LogP contribution in [-0.2, 0) is 4.74 Å². The number of nitrogens with zero attached hydrogens (tertiary/aromatic N) is 5. The molecule has 0 bridgehead atoms. The van der Waals surface area contributed by atoms with Crippen molar-refractivity contribution in [2.75, 3.05) is 55.0 Å². The summed E-state index contributed by atoms with van der Waals surface area (Å²) < 4.78 is 27.7. The van der Waals surface area contributed by atoms with Crippen LogP contribution in [0.1, 0.15) is 0 Å². The molecule has 0 amide bonds. The number of pyridine rings is 1. The molecule has 0 atom stereocenters. The largest absolute Gasteiger partial charge is 0.474 e. The molecule has 6 rings (SSSR count). The van der Waals surface area contributed by atoms with E-state index in [9.17, 15) is 4.39 Å². The molecule has 168 valence electrons. The van der Waals surface area contributed by atoms with Crippen molar-refractivity contribution in [2.24, 2.45) is 0 Å². The first-order valence-electron chi connectivity index (χ1n) is 10.8. The lowest BCUT2D eigenvalue weighted by Crippen LogP contribution is -2.36. The van der Waals surface area contributed by atoms with Gasteiger partial charge >= 0.3 is 0 Å². The highest BCUT2D eigenvalue weighted by molar-refractivity contribution is 5.75. The summed E-state index contributed by atoms with van der Waals surface area (Å²) in [5, 5.41) is 6.53. The predicted octanol–water partition coefficient (Wildman–Crippen LogP) is 3.31. The molecule has 10 heteroatoms. The lowest BCUT2D eigenvalue weighted by atomic mass is 10.2. The Kier molecular flexibility index (Phi) is 4.91. The first-order chi connectivity index (χ1) is 16.2. The fourth-order valence-corrected chi connectivity index (χ4v) is 4.10. The smallest absolute Gasteiger partial charge is 0.237 e. The summed E-state index contributed by atoms with van der Waals surface area (Å²) in [5.41, 5.74) is 4.18. The van der Waals surface area contributed by atoms with Crippen LogP contribution in [0.3, 0.4) is 0 Å². The third-order valence-electron chi connectivity index (χ3n) is 5.74. The molecular weight excluding hydrogens is 425 g/mol. The minimum atomic E-state index is -0.289. The monoisotopic (exact) mass is 447 g/mol. The number of fused-ring (bicyclic) bond motifs is 2. The third kappa shape index (κ3) is 3.78. The van der Waals surface area contributed by atoms with Crippen molar-refractivity contribution in [3.8, 4) is 17.1 Å². The van der Waals surface area contributed by atoms with E-state index < -0.39 is 0 Å². The van der Waals surface area contributed by atoms with Crippen LogP contribution in [0, 0.1) is 5.82 Å². The van der Waals surface area contributed by atoms with Crippen LogP contribution >= 0.6 is 0 Å². The Labute approximate surface area is 189 Å². The molecule has 0 aliphatic carbocycles. The van der Waals surface area contributed by atoms with Crippen molar-refractivity contribution < 1.29 is 13.9 Å². The average Bonchev–Trinajstić information content (AvgIpc) is 3.34. The van der Waals surface area contributed by atoms with E-state index in [1.54, 1.807) is 18.5 Å². The van der Waals surface area contributed by atoms with E-state index in [0.29, 0.717) is 67.3 Å². The normalized spacial score (nSPS) is 15.6. The lowest BCUT2D eigenvalue weighted by Gasteiger charge is -2.29. The molecule has 1 aromatic carbocycles. The van der Waals surface area contributed by atoms with E-state index in [1.807, 2.05) is 33.8 Å². The van der Waals surface area contributed by atoms with Gasteiger partial charge in [0.05, 0.1) is 30.3 Å². The molecule has 4 aromatic rings. The van der Waals surface area contributed by atoms with Gasteiger partial charge in [-0.3, -0.25) is 0 Å². The topological polar surface area (TPSA) is 88.8 Å². The Morgan fingerprint density at radius 2 is 2.00 bits per heavy atom. The van der Waals surface area contributed by atoms with Gasteiger partial charge in [0, 0.05) is 55.7 Å². The van der Waals surface area contributed by atoms with Crippen molar-refractivity contribution in [2.45, 2.75) is 0 Å². The fourth-order valence-electron chi connectivity index (χ4n) is 4.10. The summed E-state index contributed by atoms with van der Waals surface area (Å²) in [6.45, 7) is 3.88. The highest BCUT2D eigenvalue weighted by Gasteiger charge is 2.17. The highest BCUT2D eigenvalue weighted by atomic mass is 19.1. The van der Waals surface area contributed by atoms with Crippen LogP contribution < -0.4 is 20.3 Å². The van der Waals surface area contributed by atoms with E-state index in [1.165, 1.54) is 6.07 Å². The Morgan fingerprint density at radius 3 is 2.88 bits per heavy atom. The number of nitrogens with one attached hydrogen (secondary N) is 2.